The molecule has 3 aliphatic rings. The van der Waals surface area contributed by atoms with E-state index in [1.807, 2.05) is 19.0 Å². The number of piperidine rings is 2. The molecular formula is C24H38N4O. The van der Waals surface area contributed by atoms with Crippen molar-refractivity contribution < 1.29 is 4.79 Å². The van der Waals surface area contributed by atoms with Crippen LogP contribution in [0.15, 0.2) is 24.3 Å². The summed E-state index contributed by atoms with van der Waals surface area (Å²) in [4.78, 5) is 20.1. The zero-order valence-corrected chi connectivity index (χ0v) is 18.3. The van der Waals surface area contributed by atoms with Gasteiger partial charge in [0, 0.05) is 38.8 Å². The van der Waals surface area contributed by atoms with Gasteiger partial charge in [-0.05, 0) is 76.3 Å². The smallest absolute Gasteiger partial charge is 0.226 e. The molecule has 1 aliphatic carbocycles. The Kier molecular flexibility index (Phi) is 6.88. The lowest BCUT2D eigenvalue weighted by molar-refractivity contribution is -0.136. The maximum absolute atomic E-state index is 12.8. The van der Waals surface area contributed by atoms with E-state index in [0.29, 0.717) is 18.0 Å². The van der Waals surface area contributed by atoms with Gasteiger partial charge in [-0.1, -0.05) is 24.3 Å². The van der Waals surface area contributed by atoms with E-state index in [1.54, 1.807) is 11.1 Å². The van der Waals surface area contributed by atoms with Crippen molar-refractivity contribution in [3.8, 4) is 0 Å². The average molecular weight is 399 g/mol. The lowest BCUT2D eigenvalue weighted by atomic mass is 9.92. The van der Waals surface area contributed by atoms with Crippen molar-refractivity contribution in [3.63, 3.8) is 0 Å². The van der Waals surface area contributed by atoms with E-state index in [4.69, 9.17) is 0 Å². The van der Waals surface area contributed by atoms with Crippen molar-refractivity contribution in [2.75, 3.05) is 53.4 Å². The molecule has 0 aromatic heterocycles. The number of rotatable bonds is 6. The monoisotopic (exact) mass is 398 g/mol. The Labute approximate surface area is 176 Å². The minimum absolute atomic E-state index is 0.188. The number of benzene rings is 1. The molecule has 2 saturated heterocycles. The van der Waals surface area contributed by atoms with Crippen molar-refractivity contribution in [3.05, 3.63) is 35.4 Å². The Hall–Kier alpha value is -1.43. The summed E-state index contributed by atoms with van der Waals surface area (Å²) in [5.74, 6) is 0.527. The van der Waals surface area contributed by atoms with Crippen LogP contribution in [0.1, 0.15) is 36.8 Å². The lowest BCUT2D eigenvalue weighted by Crippen LogP contribution is -2.52. The fourth-order valence-corrected chi connectivity index (χ4v) is 5.65. The lowest BCUT2D eigenvalue weighted by Gasteiger charge is -2.43. The molecule has 29 heavy (non-hydrogen) atoms. The minimum atomic E-state index is 0.188. The number of fused-ring (bicyclic) bond motifs is 1. The molecule has 2 aliphatic heterocycles. The van der Waals surface area contributed by atoms with Crippen LogP contribution in [0.4, 0.5) is 0 Å². The number of hydrogen-bond acceptors (Lipinski definition) is 4. The first-order valence-electron chi connectivity index (χ1n) is 11.6. The fraction of sp³-hybridized carbons (Fsp3) is 0.708. The molecule has 0 bridgehead atoms. The normalized spacial score (nSPS) is 24.6. The van der Waals surface area contributed by atoms with Gasteiger partial charge in [-0.15, -0.1) is 0 Å². The zero-order valence-electron chi connectivity index (χ0n) is 18.3. The Morgan fingerprint density at radius 1 is 1.03 bits per heavy atom. The van der Waals surface area contributed by atoms with Gasteiger partial charge >= 0.3 is 0 Å². The zero-order chi connectivity index (χ0) is 20.2. The molecule has 1 aromatic rings. The van der Waals surface area contributed by atoms with E-state index < -0.39 is 0 Å². The van der Waals surface area contributed by atoms with Crippen LogP contribution in [0, 0.1) is 5.92 Å². The van der Waals surface area contributed by atoms with Gasteiger partial charge in [0.2, 0.25) is 5.91 Å². The van der Waals surface area contributed by atoms with E-state index in [0.717, 1.165) is 32.5 Å². The summed E-state index contributed by atoms with van der Waals surface area (Å²) >= 11 is 0. The molecule has 1 N–H and O–H groups in total. The Balaban J connectivity index is 1.26. The predicted molar refractivity (Wildman–Crippen MR) is 118 cm³/mol. The number of nitrogens with one attached hydrogen (secondary N) is 1. The van der Waals surface area contributed by atoms with Crippen molar-refractivity contribution in [2.24, 2.45) is 5.92 Å². The molecule has 2 heterocycles. The van der Waals surface area contributed by atoms with Gasteiger partial charge in [-0.25, -0.2) is 0 Å². The predicted octanol–water partition coefficient (Wildman–Crippen LogP) is 2.01. The van der Waals surface area contributed by atoms with Crippen LogP contribution in [0.25, 0.3) is 0 Å². The third kappa shape index (κ3) is 4.84. The van der Waals surface area contributed by atoms with Gasteiger partial charge in [0.05, 0.1) is 5.92 Å². The minimum Gasteiger partial charge on any atom is -0.344 e. The number of likely N-dealkylation sites (tertiary alicyclic amines) is 2. The second kappa shape index (κ2) is 9.59. The second-order valence-electron chi connectivity index (χ2n) is 9.30. The summed E-state index contributed by atoms with van der Waals surface area (Å²) in [6.45, 7) is 6.21. The Bertz CT molecular complexity index is 660. The van der Waals surface area contributed by atoms with Crippen LogP contribution in [0.5, 0.6) is 0 Å². The van der Waals surface area contributed by atoms with E-state index in [9.17, 15) is 4.79 Å². The summed E-state index contributed by atoms with van der Waals surface area (Å²) < 4.78 is 0. The van der Waals surface area contributed by atoms with Crippen molar-refractivity contribution >= 4 is 5.91 Å². The third-order valence-electron chi connectivity index (χ3n) is 7.44. The number of carbonyl (C=O) groups excluding carboxylic acids is 1. The highest BCUT2D eigenvalue weighted by atomic mass is 16.2. The van der Waals surface area contributed by atoms with Gasteiger partial charge in [-0.3, -0.25) is 14.6 Å². The number of carbonyl (C=O) groups is 1. The van der Waals surface area contributed by atoms with Crippen molar-refractivity contribution in [1.29, 1.82) is 0 Å². The van der Waals surface area contributed by atoms with Gasteiger partial charge < -0.3 is 10.2 Å². The first-order valence-corrected chi connectivity index (χ1v) is 11.6. The Morgan fingerprint density at radius 3 is 2.38 bits per heavy atom. The van der Waals surface area contributed by atoms with Crippen LogP contribution in [0.2, 0.25) is 0 Å². The molecular weight excluding hydrogens is 360 g/mol. The quantitative estimate of drug-likeness (QED) is 0.796. The van der Waals surface area contributed by atoms with E-state index >= 15 is 0 Å². The molecule has 1 amide bonds. The van der Waals surface area contributed by atoms with E-state index in [-0.39, 0.29) is 5.92 Å². The largest absolute Gasteiger partial charge is 0.344 e. The van der Waals surface area contributed by atoms with Gasteiger partial charge in [0.25, 0.3) is 0 Å². The third-order valence-corrected chi connectivity index (χ3v) is 7.44. The highest BCUT2D eigenvalue weighted by Crippen LogP contribution is 2.30. The molecule has 1 aromatic carbocycles. The van der Waals surface area contributed by atoms with Gasteiger partial charge in [-0.2, -0.15) is 0 Å². The van der Waals surface area contributed by atoms with Crippen LogP contribution in [-0.4, -0.2) is 86.1 Å². The number of nitrogens with zero attached hydrogens (tertiary/aromatic N) is 3. The van der Waals surface area contributed by atoms with Crippen LogP contribution >= 0.6 is 0 Å². The summed E-state index contributed by atoms with van der Waals surface area (Å²) in [6.07, 6.45) is 7.17. The van der Waals surface area contributed by atoms with Crippen LogP contribution in [-0.2, 0) is 17.6 Å². The molecule has 160 valence electrons. The standard InChI is InChI=1S/C24H38N4O/c1-25-11-15-26(2)24(29)21-8-5-12-28(18-21)22-9-13-27(14-10-22)23-16-19-6-3-4-7-20(19)17-23/h3-4,6-7,21-23,25H,5,8-18H2,1-2H3/t21-/m0/s1. The Morgan fingerprint density at radius 2 is 1.72 bits per heavy atom. The molecule has 4 rings (SSSR count). The number of amides is 1. The van der Waals surface area contributed by atoms with Crippen molar-refractivity contribution in [2.45, 2.75) is 50.6 Å². The first kappa shape index (κ1) is 20.8. The van der Waals surface area contributed by atoms with E-state index in [2.05, 4.69) is 39.4 Å². The molecule has 0 unspecified atom stereocenters. The van der Waals surface area contributed by atoms with Crippen LogP contribution in [0.3, 0.4) is 0 Å². The molecule has 0 radical (unpaired) electrons. The average Bonchev–Trinajstić information content (AvgIpc) is 3.21. The second-order valence-corrected chi connectivity index (χ2v) is 9.30. The maximum Gasteiger partial charge on any atom is 0.226 e. The number of likely N-dealkylation sites (N-methyl/N-ethyl adjacent to an activating group) is 2. The maximum atomic E-state index is 12.8. The van der Waals surface area contributed by atoms with Crippen molar-refractivity contribution in [1.82, 2.24) is 20.0 Å². The molecule has 0 saturated carbocycles. The molecule has 0 spiro atoms. The fourth-order valence-electron chi connectivity index (χ4n) is 5.65. The first-order chi connectivity index (χ1) is 14.2. The van der Waals surface area contributed by atoms with Gasteiger partial charge in [0.1, 0.15) is 0 Å². The highest BCUT2D eigenvalue weighted by molar-refractivity contribution is 5.78. The molecule has 2 fully saturated rings. The SMILES string of the molecule is CNCCN(C)C(=O)[C@H]1CCCN(C2CCN(C3Cc4ccccc4C3)CC2)C1. The molecule has 5 heteroatoms. The number of hydrogen-bond donors (Lipinski definition) is 1. The summed E-state index contributed by atoms with van der Waals surface area (Å²) in [7, 11) is 3.90. The van der Waals surface area contributed by atoms with Crippen LogP contribution < -0.4 is 5.32 Å². The van der Waals surface area contributed by atoms with Gasteiger partial charge in [0.15, 0.2) is 0 Å². The topological polar surface area (TPSA) is 38.8 Å². The summed E-state index contributed by atoms with van der Waals surface area (Å²) in [5, 5.41) is 3.14. The summed E-state index contributed by atoms with van der Waals surface area (Å²) in [6, 6.07) is 10.3. The highest BCUT2D eigenvalue weighted by Gasteiger charge is 2.35. The molecule has 5 nitrogen and oxygen atoms in total. The molecule has 1 atom stereocenters. The summed E-state index contributed by atoms with van der Waals surface area (Å²) in [5.41, 5.74) is 3.11. The van der Waals surface area contributed by atoms with E-state index in [1.165, 1.54) is 45.3 Å².